The molecule has 0 spiro atoms. The van der Waals surface area contributed by atoms with Crippen molar-refractivity contribution in [3.63, 3.8) is 0 Å². The molecule has 0 atom stereocenters. The second-order valence-corrected chi connectivity index (χ2v) is 5.95. The molecular weight excluding hydrogens is 252 g/mol. The van der Waals surface area contributed by atoms with Crippen molar-refractivity contribution in [1.82, 2.24) is 0 Å². The van der Waals surface area contributed by atoms with Gasteiger partial charge in [-0.2, -0.15) is 9.98 Å². The molecule has 0 fully saturated rings. The second-order valence-electron chi connectivity index (χ2n) is 5.95. The molecule has 0 aliphatic heterocycles. The first-order valence-electron chi connectivity index (χ1n) is 6.46. The third-order valence-electron chi connectivity index (χ3n) is 3.66. The average Bonchev–Trinajstić information content (AvgIpc) is 2.31. The van der Waals surface area contributed by atoms with Gasteiger partial charge >= 0.3 is 0 Å². The number of aryl methyl sites for hydroxylation is 1. The minimum atomic E-state index is -0.719. The Kier molecular flexibility index (Phi) is 4.44. The lowest BCUT2D eigenvalue weighted by molar-refractivity contribution is 0.482. The minimum Gasteiger partial charge on any atom is -0.211 e. The van der Waals surface area contributed by atoms with E-state index in [2.05, 4.69) is 9.98 Å². The highest BCUT2D eigenvalue weighted by Gasteiger charge is 2.32. The second kappa shape index (κ2) is 5.54. The first-order chi connectivity index (χ1) is 9.17. The van der Waals surface area contributed by atoms with Crippen LogP contribution in [-0.4, -0.2) is 12.2 Å². The molecule has 0 radical (unpaired) electrons. The molecule has 20 heavy (non-hydrogen) atoms. The molecule has 0 aliphatic carbocycles. The Bertz CT molecular complexity index is 618. The molecule has 0 amide bonds. The van der Waals surface area contributed by atoms with E-state index in [-0.39, 0.29) is 0 Å². The zero-order valence-corrected chi connectivity index (χ0v) is 12.9. The summed E-state index contributed by atoms with van der Waals surface area (Å²) in [4.78, 5) is 29.2. The molecule has 0 saturated heterocycles. The Morgan fingerprint density at radius 3 is 1.90 bits per heavy atom. The van der Waals surface area contributed by atoms with E-state index in [1.807, 2.05) is 53.7 Å². The molecule has 4 nitrogen and oxygen atoms in total. The summed E-state index contributed by atoms with van der Waals surface area (Å²) < 4.78 is 0. The molecule has 0 heterocycles. The van der Waals surface area contributed by atoms with E-state index >= 15 is 0 Å². The van der Waals surface area contributed by atoms with Crippen LogP contribution in [0.15, 0.2) is 22.1 Å². The molecule has 0 unspecified atom stereocenters. The van der Waals surface area contributed by atoms with Crippen LogP contribution in [0.3, 0.4) is 0 Å². The molecule has 0 saturated carbocycles. The van der Waals surface area contributed by atoms with Crippen LogP contribution in [0, 0.1) is 13.8 Å². The predicted octanol–water partition coefficient (Wildman–Crippen LogP) is 3.45. The van der Waals surface area contributed by atoms with Gasteiger partial charge in [0.25, 0.3) is 0 Å². The van der Waals surface area contributed by atoms with E-state index in [4.69, 9.17) is 0 Å². The van der Waals surface area contributed by atoms with Gasteiger partial charge in [-0.3, -0.25) is 0 Å². The number of hydrogen-bond donors (Lipinski definition) is 0. The van der Waals surface area contributed by atoms with Crippen molar-refractivity contribution in [2.45, 2.75) is 52.6 Å². The molecule has 4 heteroatoms. The lowest BCUT2D eigenvalue weighted by Gasteiger charge is -2.30. The van der Waals surface area contributed by atoms with Gasteiger partial charge in [-0.15, -0.1) is 0 Å². The number of isocyanates is 2. The highest BCUT2D eigenvalue weighted by molar-refractivity contribution is 5.50. The van der Waals surface area contributed by atoms with Crippen LogP contribution in [-0.2, 0) is 20.7 Å². The van der Waals surface area contributed by atoms with Gasteiger partial charge in [0.2, 0.25) is 12.2 Å². The molecule has 0 N–H and O–H groups in total. The summed E-state index contributed by atoms with van der Waals surface area (Å²) in [6.45, 7) is 11.4. The predicted molar refractivity (Wildman–Crippen MR) is 78.2 cm³/mol. The van der Waals surface area contributed by atoms with Crippen molar-refractivity contribution in [1.29, 1.82) is 0 Å². The molecule has 0 aromatic heterocycles. The maximum absolute atomic E-state index is 10.7. The van der Waals surface area contributed by atoms with Crippen LogP contribution in [0.4, 0.5) is 0 Å². The standard InChI is InChI=1S/C16H20N2O2/c1-11-7-8-13(15(3,4)17-9-19)14(12(11)2)16(5,6)18-10-20/h7-8H,1-6H3. The van der Waals surface area contributed by atoms with Crippen molar-refractivity contribution in [3.05, 3.63) is 34.4 Å². The minimum absolute atomic E-state index is 0.717. The average molecular weight is 272 g/mol. The van der Waals surface area contributed by atoms with Gasteiger partial charge in [0.05, 0.1) is 11.1 Å². The van der Waals surface area contributed by atoms with E-state index < -0.39 is 11.1 Å². The summed E-state index contributed by atoms with van der Waals surface area (Å²) in [5.74, 6) is 0. The maximum Gasteiger partial charge on any atom is 0.235 e. The molecule has 106 valence electrons. The number of nitrogens with zero attached hydrogens (tertiary/aromatic N) is 2. The van der Waals surface area contributed by atoms with Crippen molar-refractivity contribution in [3.8, 4) is 0 Å². The Balaban J connectivity index is 3.76. The molecular formula is C16H20N2O2. The smallest absolute Gasteiger partial charge is 0.211 e. The third-order valence-corrected chi connectivity index (χ3v) is 3.66. The van der Waals surface area contributed by atoms with Crippen molar-refractivity contribution in [2.75, 3.05) is 0 Å². The fraction of sp³-hybridized carbons (Fsp3) is 0.500. The molecule has 1 aromatic carbocycles. The van der Waals surface area contributed by atoms with Gasteiger partial charge in [0.15, 0.2) is 0 Å². The summed E-state index contributed by atoms with van der Waals surface area (Å²) in [5, 5.41) is 0. The van der Waals surface area contributed by atoms with E-state index in [1.165, 1.54) is 0 Å². The largest absolute Gasteiger partial charge is 0.235 e. The summed E-state index contributed by atoms with van der Waals surface area (Å²) in [6.07, 6.45) is 3.25. The Morgan fingerprint density at radius 2 is 1.40 bits per heavy atom. The van der Waals surface area contributed by atoms with E-state index in [1.54, 1.807) is 12.2 Å². The number of rotatable bonds is 4. The van der Waals surface area contributed by atoms with E-state index in [0.717, 1.165) is 22.3 Å². The van der Waals surface area contributed by atoms with Gasteiger partial charge in [-0.05, 0) is 63.8 Å². The van der Waals surface area contributed by atoms with E-state index in [9.17, 15) is 9.59 Å². The Hall–Kier alpha value is -2.02. The van der Waals surface area contributed by atoms with Crippen molar-refractivity contribution >= 4 is 12.2 Å². The number of aliphatic imine (C=N–C) groups is 2. The number of hydrogen-bond acceptors (Lipinski definition) is 4. The fourth-order valence-electron chi connectivity index (χ4n) is 2.46. The first kappa shape index (κ1) is 16.0. The lowest BCUT2D eigenvalue weighted by Crippen LogP contribution is -2.25. The van der Waals surface area contributed by atoms with Crippen molar-refractivity contribution < 1.29 is 9.59 Å². The van der Waals surface area contributed by atoms with Gasteiger partial charge in [0.1, 0.15) is 0 Å². The third kappa shape index (κ3) is 2.93. The highest BCUT2D eigenvalue weighted by atomic mass is 16.1. The van der Waals surface area contributed by atoms with Crippen LogP contribution in [0.25, 0.3) is 0 Å². The van der Waals surface area contributed by atoms with Gasteiger partial charge < -0.3 is 0 Å². The molecule has 1 aromatic rings. The first-order valence-corrected chi connectivity index (χ1v) is 6.46. The highest BCUT2D eigenvalue weighted by Crippen LogP contribution is 2.38. The van der Waals surface area contributed by atoms with Gasteiger partial charge in [-0.25, -0.2) is 9.59 Å². The fourth-order valence-corrected chi connectivity index (χ4v) is 2.46. The zero-order valence-electron chi connectivity index (χ0n) is 12.9. The monoisotopic (exact) mass is 272 g/mol. The zero-order chi connectivity index (χ0) is 15.6. The Morgan fingerprint density at radius 1 is 0.900 bits per heavy atom. The quantitative estimate of drug-likeness (QED) is 0.622. The summed E-state index contributed by atoms with van der Waals surface area (Å²) in [6, 6.07) is 3.91. The number of benzene rings is 1. The molecule has 0 aliphatic rings. The summed E-state index contributed by atoms with van der Waals surface area (Å²) in [7, 11) is 0. The summed E-state index contributed by atoms with van der Waals surface area (Å²) >= 11 is 0. The van der Waals surface area contributed by atoms with Crippen LogP contribution in [0.1, 0.15) is 49.9 Å². The number of carbonyl (C=O) groups excluding carboxylic acids is 2. The van der Waals surface area contributed by atoms with Crippen molar-refractivity contribution in [2.24, 2.45) is 9.98 Å². The Labute approximate surface area is 119 Å². The topological polar surface area (TPSA) is 58.9 Å². The van der Waals surface area contributed by atoms with E-state index in [0.29, 0.717) is 0 Å². The van der Waals surface area contributed by atoms with Crippen LogP contribution < -0.4 is 0 Å². The lowest BCUT2D eigenvalue weighted by atomic mass is 9.79. The van der Waals surface area contributed by atoms with Crippen LogP contribution in [0.5, 0.6) is 0 Å². The normalized spacial score (nSPS) is 11.5. The van der Waals surface area contributed by atoms with Crippen LogP contribution >= 0.6 is 0 Å². The summed E-state index contributed by atoms with van der Waals surface area (Å²) in [5.41, 5.74) is 2.48. The van der Waals surface area contributed by atoms with Crippen LogP contribution in [0.2, 0.25) is 0 Å². The molecule has 0 bridgehead atoms. The SMILES string of the molecule is Cc1ccc(C(C)(C)N=C=O)c(C(C)(C)N=C=O)c1C. The van der Waals surface area contributed by atoms with Gasteiger partial charge in [0, 0.05) is 0 Å². The molecule has 1 rings (SSSR count). The maximum atomic E-state index is 10.7. The van der Waals surface area contributed by atoms with Gasteiger partial charge in [-0.1, -0.05) is 12.1 Å².